The number of piperidine rings is 2. The SMILES string of the molecule is O=C(c1cc2ccccc2s1)N1CCC(C(O)CN2CCC3(CC2)COc2cc(Cl)ccc23)CC1. The highest BCUT2D eigenvalue weighted by Gasteiger charge is 2.43. The number of β-amino-alcohol motifs (C(OH)–C–C–N with tert-alkyl or cyclic N) is 1. The molecule has 0 bridgehead atoms. The van der Waals surface area contributed by atoms with Crippen LogP contribution in [0.5, 0.6) is 5.75 Å². The van der Waals surface area contributed by atoms with Crippen molar-refractivity contribution in [2.24, 2.45) is 5.92 Å². The summed E-state index contributed by atoms with van der Waals surface area (Å²) in [5, 5.41) is 12.9. The number of nitrogens with zero attached hydrogens (tertiary/aromatic N) is 2. The van der Waals surface area contributed by atoms with Gasteiger partial charge in [0.05, 0.1) is 17.6 Å². The van der Waals surface area contributed by atoms with E-state index >= 15 is 0 Å². The predicted molar refractivity (Wildman–Crippen MR) is 141 cm³/mol. The molecule has 1 spiro atoms. The lowest BCUT2D eigenvalue weighted by molar-refractivity contribution is 0.0183. The van der Waals surface area contributed by atoms with Crippen LogP contribution in [0.15, 0.2) is 48.5 Å². The van der Waals surface area contributed by atoms with Gasteiger partial charge in [0.15, 0.2) is 0 Å². The van der Waals surface area contributed by atoms with Crippen LogP contribution in [0.1, 0.15) is 40.9 Å². The number of carbonyl (C=O) groups excluding carboxylic acids is 1. The lowest BCUT2D eigenvalue weighted by Gasteiger charge is -2.41. The van der Waals surface area contributed by atoms with Crippen LogP contribution in [0.25, 0.3) is 10.1 Å². The molecule has 1 N–H and O–H groups in total. The van der Waals surface area contributed by atoms with Crippen molar-refractivity contribution < 1.29 is 14.6 Å². The number of thiophene rings is 1. The molecule has 2 aromatic carbocycles. The van der Waals surface area contributed by atoms with Crippen molar-refractivity contribution in [1.82, 2.24) is 9.80 Å². The third kappa shape index (κ3) is 4.46. The van der Waals surface area contributed by atoms with Crippen LogP contribution in [0.3, 0.4) is 0 Å². The Morgan fingerprint density at radius 1 is 1.11 bits per heavy atom. The molecule has 1 atom stereocenters. The molecule has 0 radical (unpaired) electrons. The molecular weight excluding hydrogens is 480 g/mol. The molecule has 5 nitrogen and oxygen atoms in total. The van der Waals surface area contributed by atoms with Gasteiger partial charge in [0.1, 0.15) is 5.75 Å². The van der Waals surface area contributed by atoms with Gasteiger partial charge >= 0.3 is 0 Å². The van der Waals surface area contributed by atoms with E-state index in [9.17, 15) is 9.90 Å². The number of halogens is 1. The number of fused-ring (bicyclic) bond motifs is 3. The predicted octanol–water partition coefficient (Wildman–Crippen LogP) is 5.19. The molecule has 2 saturated heterocycles. The monoisotopic (exact) mass is 510 g/mol. The summed E-state index contributed by atoms with van der Waals surface area (Å²) < 4.78 is 7.13. The van der Waals surface area contributed by atoms with Crippen molar-refractivity contribution in [1.29, 1.82) is 0 Å². The summed E-state index contributed by atoms with van der Waals surface area (Å²) in [7, 11) is 0. The lowest BCUT2D eigenvalue weighted by atomic mass is 9.74. The number of rotatable bonds is 4. The van der Waals surface area contributed by atoms with Gasteiger partial charge < -0.3 is 19.6 Å². The summed E-state index contributed by atoms with van der Waals surface area (Å²) in [6, 6.07) is 16.2. The van der Waals surface area contributed by atoms with Gasteiger partial charge in [-0.05, 0) is 74.3 Å². The highest BCUT2D eigenvalue weighted by atomic mass is 35.5. The second-order valence-corrected chi connectivity index (χ2v) is 11.9. The molecule has 3 aliphatic heterocycles. The molecule has 1 amide bonds. The minimum absolute atomic E-state index is 0.0830. The molecule has 3 aromatic rings. The molecule has 0 saturated carbocycles. The van der Waals surface area contributed by atoms with E-state index in [-0.39, 0.29) is 23.3 Å². The zero-order valence-corrected chi connectivity index (χ0v) is 21.4. The number of aliphatic hydroxyl groups is 1. The number of ether oxygens (including phenoxy) is 1. The normalized spacial score (nSPS) is 21.3. The maximum atomic E-state index is 13.0. The van der Waals surface area contributed by atoms with Crippen molar-refractivity contribution in [2.75, 3.05) is 39.3 Å². The average Bonchev–Trinajstić information content (AvgIpc) is 3.47. The van der Waals surface area contributed by atoms with Crippen LogP contribution in [0.4, 0.5) is 0 Å². The Kier molecular flexibility index (Phi) is 6.25. The first-order valence-electron chi connectivity index (χ1n) is 12.6. The number of benzene rings is 2. The summed E-state index contributed by atoms with van der Waals surface area (Å²) in [5.41, 5.74) is 1.37. The number of hydrogen-bond donors (Lipinski definition) is 1. The smallest absolute Gasteiger partial charge is 0.263 e. The van der Waals surface area contributed by atoms with E-state index < -0.39 is 0 Å². The quantitative estimate of drug-likeness (QED) is 0.524. The minimum atomic E-state index is -0.350. The molecule has 184 valence electrons. The molecule has 1 aromatic heterocycles. The van der Waals surface area contributed by atoms with Crippen molar-refractivity contribution in [3.05, 3.63) is 64.0 Å². The van der Waals surface area contributed by atoms with Crippen molar-refractivity contribution in [2.45, 2.75) is 37.2 Å². The van der Waals surface area contributed by atoms with Crippen LogP contribution in [-0.4, -0.2) is 66.2 Å². The maximum Gasteiger partial charge on any atom is 0.263 e. The first-order chi connectivity index (χ1) is 17.0. The van der Waals surface area contributed by atoms with Crippen molar-refractivity contribution >= 4 is 38.9 Å². The van der Waals surface area contributed by atoms with E-state index in [1.807, 2.05) is 35.2 Å². The Labute approximate surface area is 215 Å². The van der Waals surface area contributed by atoms with Gasteiger partial charge in [-0.2, -0.15) is 0 Å². The van der Waals surface area contributed by atoms with Crippen molar-refractivity contribution in [3.8, 4) is 5.75 Å². The van der Waals surface area contributed by atoms with E-state index in [4.69, 9.17) is 16.3 Å². The largest absolute Gasteiger partial charge is 0.492 e. The molecule has 4 heterocycles. The lowest BCUT2D eigenvalue weighted by Crippen LogP contribution is -2.48. The minimum Gasteiger partial charge on any atom is -0.492 e. The van der Waals surface area contributed by atoms with Crippen molar-refractivity contribution in [3.63, 3.8) is 0 Å². The first-order valence-corrected chi connectivity index (χ1v) is 13.8. The Bertz CT molecular complexity index is 1190. The Hall–Kier alpha value is -2.12. The van der Waals surface area contributed by atoms with Gasteiger partial charge in [-0.1, -0.05) is 35.9 Å². The van der Waals surface area contributed by atoms with E-state index in [1.54, 1.807) is 11.3 Å². The fourth-order valence-electron chi connectivity index (χ4n) is 6.07. The van der Waals surface area contributed by atoms with E-state index in [0.717, 1.165) is 71.1 Å². The van der Waals surface area contributed by atoms with E-state index in [0.29, 0.717) is 19.6 Å². The average molecular weight is 511 g/mol. The number of carbonyl (C=O) groups is 1. The van der Waals surface area contributed by atoms with Crippen LogP contribution in [0, 0.1) is 5.92 Å². The Morgan fingerprint density at radius 3 is 2.66 bits per heavy atom. The topological polar surface area (TPSA) is 53.0 Å². The Balaban J connectivity index is 1.00. The zero-order valence-electron chi connectivity index (χ0n) is 19.8. The fraction of sp³-hybridized carbons (Fsp3) is 0.464. The second-order valence-electron chi connectivity index (χ2n) is 10.4. The van der Waals surface area contributed by atoms with Gasteiger partial charge in [-0.3, -0.25) is 4.79 Å². The molecule has 35 heavy (non-hydrogen) atoms. The highest BCUT2D eigenvalue weighted by Crippen LogP contribution is 2.46. The first kappa shape index (κ1) is 23.3. The Morgan fingerprint density at radius 2 is 1.89 bits per heavy atom. The summed E-state index contributed by atoms with van der Waals surface area (Å²) in [5.74, 6) is 1.30. The fourth-order valence-corrected chi connectivity index (χ4v) is 7.26. The molecule has 2 fully saturated rings. The summed E-state index contributed by atoms with van der Waals surface area (Å²) in [4.78, 5) is 18.2. The van der Waals surface area contributed by atoms with E-state index in [2.05, 4.69) is 23.1 Å². The zero-order chi connectivity index (χ0) is 24.0. The van der Waals surface area contributed by atoms with Gasteiger partial charge in [-0.15, -0.1) is 11.3 Å². The highest BCUT2D eigenvalue weighted by molar-refractivity contribution is 7.20. The van der Waals surface area contributed by atoms with E-state index in [1.165, 1.54) is 5.56 Å². The molecule has 1 unspecified atom stereocenters. The van der Waals surface area contributed by atoms with Gasteiger partial charge in [0, 0.05) is 40.3 Å². The van der Waals surface area contributed by atoms with Crippen LogP contribution >= 0.6 is 22.9 Å². The molecule has 6 rings (SSSR count). The third-order valence-electron chi connectivity index (χ3n) is 8.28. The summed E-state index contributed by atoms with van der Waals surface area (Å²) in [6.07, 6.45) is 3.44. The van der Waals surface area contributed by atoms with Gasteiger partial charge in [0.25, 0.3) is 5.91 Å². The number of aliphatic hydroxyl groups excluding tert-OH is 1. The second kappa shape index (κ2) is 9.40. The van der Waals surface area contributed by atoms with Crippen LogP contribution < -0.4 is 4.74 Å². The molecule has 0 aliphatic carbocycles. The third-order valence-corrected chi connectivity index (χ3v) is 9.62. The summed E-state index contributed by atoms with van der Waals surface area (Å²) >= 11 is 7.71. The van der Waals surface area contributed by atoms with Gasteiger partial charge in [0.2, 0.25) is 0 Å². The number of likely N-dealkylation sites (tertiary alicyclic amines) is 2. The van der Waals surface area contributed by atoms with Gasteiger partial charge in [-0.25, -0.2) is 0 Å². The summed E-state index contributed by atoms with van der Waals surface area (Å²) in [6.45, 7) is 4.80. The maximum absolute atomic E-state index is 13.0. The molecule has 3 aliphatic rings. The number of hydrogen-bond acceptors (Lipinski definition) is 5. The molecule has 7 heteroatoms. The van der Waals surface area contributed by atoms with Crippen LogP contribution in [0.2, 0.25) is 5.02 Å². The number of amides is 1. The molecular formula is C28H31ClN2O3S. The van der Waals surface area contributed by atoms with Crippen LogP contribution in [-0.2, 0) is 5.41 Å². The standard InChI is InChI=1S/C28H31ClN2O3S/c29-21-5-6-22-24(16-21)34-18-28(22)9-13-30(14-10-28)17-23(32)19-7-11-31(12-8-19)27(33)26-15-20-3-1-2-4-25(20)35-26/h1-6,15-16,19,23,32H,7-14,17-18H2.